The van der Waals surface area contributed by atoms with Crippen LogP contribution in [0.3, 0.4) is 0 Å². The van der Waals surface area contributed by atoms with Gasteiger partial charge in [-0.05, 0) is 12.0 Å². The Balaban J connectivity index is 2.72. The largest absolute Gasteiger partial charge is 0.478 e. The third-order valence-corrected chi connectivity index (χ3v) is 3.44. The van der Waals surface area contributed by atoms with E-state index in [9.17, 15) is 14.7 Å². The number of benzene rings is 1. The standard InChI is InChI=1S/C15H17NO3/c1-3-10(2)9-16-13-7-5-4-6-11(13)12(15(18)19)8-14(16)17/h4-8,10H,3,9H2,1-2H3,(H,18,19). The molecule has 19 heavy (non-hydrogen) atoms. The maximum atomic E-state index is 12.1. The summed E-state index contributed by atoms with van der Waals surface area (Å²) in [4.78, 5) is 23.3. The highest BCUT2D eigenvalue weighted by atomic mass is 16.4. The SMILES string of the molecule is CCC(C)Cn1c(=O)cc(C(=O)O)c2ccccc21. The van der Waals surface area contributed by atoms with E-state index in [4.69, 9.17) is 0 Å². The molecule has 1 N–H and O–H groups in total. The first-order valence-electron chi connectivity index (χ1n) is 6.40. The molecule has 0 radical (unpaired) electrons. The third-order valence-electron chi connectivity index (χ3n) is 3.44. The molecule has 0 fully saturated rings. The summed E-state index contributed by atoms with van der Waals surface area (Å²) in [6.07, 6.45) is 0.974. The highest BCUT2D eigenvalue weighted by Crippen LogP contribution is 2.18. The van der Waals surface area contributed by atoms with Gasteiger partial charge in [-0.15, -0.1) is 0 Å². The van der Waals surface area contributed by atoms with Crippen LogP contribution in [0.15, 0.2) is 35.1 Å². The summed E-state index contributed by atoms with van der Waals surface area (Å²) in [7, 11) is 0. The van der Waals surface area contributed by atoms with Crippen molar-refractivity contribution in [3.8, 4) is 0 Å². The molecule has 0 aliphatic heterocycles. The maximum absolute atomic E-state index is 12.1. The minimum absolute atomic E-state index is 0.0704. The molecule has 0 spiro atoms. The number of fused-ring (bicyclic) bond motifs is 1. The zero-order valence-corrected chi connectivity index (χ0v) is 11.1. The van der Waals surface area contributed by atoms with Gasteiger partial charge in [-0.1, -0.05) is 38.5 Å². The minimum Gasteiger partial charge on any atom is -0.478 e. The fourth-order valence-corrected chi connectivity index (χ4v) is 2.14. The number of aromatic carboxylic acids is 1. The lowest BCUT2D eigenvalue weighted by Gasteiger charge is -2.15. The van der Waals surface area contributed by atoms with Crippen LogP contribution in [-0.4, -0.2) is 15.6 Å². The summed E-state index contributed by atoms with van der Waals surface area (Å²) in [5.74, 6) is -0.694. The van der Waals surface area contributed by atoms with Crippen molar-refractivity contribution in [2.45, 2.75) is 26.8 Å². The van der Waals surface area contributed by atoms with Gasteiger partial charge in [-0.25, -0.2) is 4.79 Å². The number of hydrogen-bond acceptors (Lipinski definition) is 2. The second-order valence-electron chi connectivity index (χ2n) is 4.84. The Morgan fingerprint density at radius 2 is 2.05 bits per heavy atom. The summed E-state index contributed by atoms with van der Waals surface area (Å²) >= 11 is 0. The van der Waals surface area contributed by atoms with Crippen LogP contribution in [0.25, 0.3) is 10.9 Å². The number of rotatable bonds is 4. The predicted octanol–water partition coefficient (Wildman–Crippen LogP) is 2.75. The molecule has 0 aliphatic rings. The molecule has 2 rings (SSSR count). The number of aromatic nitrogens is 1. The van der Waals surface area contributed by atoms with Gasteiger partial charge in [0.2, 0.25) is 0 Å². The van der Waals surface area contributed by atoms with Gasteiger partial charge in [-0.3, -0.25) is 4.79 Å². The van der Waals surface area contributed by atoms with Crippen LogP contribution in [0.4, 0.5) is 0 Å². The molecule has 4 nitrogen and oxygen atoms in total. The van der Waals surface area contributed by atoms with Crippen LogP contribution in [0.5, 0.6) is 0 Å². The van der Waals surface area contributed by atoms with Crippen molar-refractivity contribution in [1.29, 1.82) is 0 Å². The maximum Gasteiger partial charge on any atom is 0.336 e. The Hall–Kier alpha value is -2.10. The van der Waals surface area contributed by atoms with Crippen LogP contribution >= 0.6 is 0 Å². The van der Waals surface area contributed by atoms with E-state index in [-0.39, 0.29) is 11.1 Å². The van der Waals surface area contributed by atoms with E-state index in [1.54, 1.807) is 22.8 Å². The van der Waals surface area contributed by atoms with Gasteiger partial charge >= 0.3 is 5.97 Å². The fraction of sp³-hybridized carbons (Fsp3) is 0.333. The van der Waals surface area contributed by atoms with E-state index in [1.165, 1.54) is 6.07 Å². The van der Waals surface area contributed by atoms with Crippen molar-refractivity contribution in [3.63, 3.8) is 0 Å². The van der Waals surface area contributed by atoms with Crippen LogP contribution < -0.4 is 5.56 Å². The second kappa shape index (κ2) is 5.26. The number of carbonyl (C=O) groups is 1. The summed E-state index contributed by atoms with van der Waals surface area (Å²) in [5, 5.41) is 9.79. The predicted molar refractivity (Wildman–Crippen MR) is 74.6 cm³/mol. The molecule has 100 valence electrons. The molecule has 2 aromatic rings. The second-order valence-corrected chi connectivity index (χ2v) is 4.84. The highest BCUT2D eigenvalue weighted by Gasteiger charge is 2.14. The molecule has 0 amide bonds. The molecule has 0 aliphatic carbocycles. The Bertz CT molecular complexity index is 673. The van der Waals surface area contributed by atoms with Crippen molar-refractivity contribution in [2.75, 3.05) is 0 Å². The molecule has 1 heterocycles. The number of carboxylic acid groups (broad SMARTS) is 1. The minimum atomic E-state index is -1.07. The molecular formula is C15H17NO3. The number of nitrogens with zero attached hydrogens (tertiary/aromatic N) is 1. The molecule has 0 bridgehead atoms. The Morgan fingerprint density at radius 1 is 1.37 bits per heavy atom. The topological polar surface area (TPSA) is 59.3 Å². The van der Waals surface area contributed by atoms with Crippen LogP contribution in [-0.2, 0) is 6.54 Å². The molecule has 1 unspecified atom stereocenters. The van der Waals surface area contributed by atoms with Crippen LogP contribution in [0, 0.1) is 5.92 Å². The highest BCUT2D eigenvalue weighted by molar-refractivity contribution is 6.02. The first kappa shape index (κ1) is 13.3. The van der Waals surface area contributed by atoms with Crippen LogP contribution in [0.1, 0.15) is 30.6 Å². The zero-order valence-electron chi connectivity index (χ0n) is 11.1. The Morgan fingerprint density at radius 3 is 2.68 bits per heavy atom. The first-order valence-corrected chi connectivity index (χ1v) is 6.40. The van der Waals surface area contributed by atoms with Crippen molar-refractivity contribution in [3.05, 3.63) is 46.2 Å². The lowest BCUT2D eigenvalue weighted by atomic mass is 10.1. The Kier molecular flexibility index (Phi) is 3.69. The lowest BCUT2D eigenvalue weighted by Crippen LogP contribution is -2.24. The first-order chi connectivity index (χ1) is 9.04. The molecule has 4 heteroatoms. The van der Waals surface area contributed by atoms with E-state index in [0.717, 1.165) is 6.42 Å². The van der Waals surface area contributed by atoms with E-state index in [0.29, 0.717) is 23.4 Å². The average Bonchev–Trinajstić information content (AvgIpc) is 2.41. The number of pyridine rings is 1. The quantitative estimate of drug-likeness (QED) is 0.918. The van der Waals surface area contributed by atoms with Crippen molar-refractivity contribution >= 4 is 16.9 Å². The third kappa shape index (κ3) is 2.52. The van der Waals surface area contributed by atoms with Gasteiger partial charge in [0.25, 0.3) is 5.56 Å². The van der Waals surface area contributed by atoms with Gasteiger partial charge in [0, 0.05) is 18.0 Å². The average molecular weight is 259 g/mol. The number of carboxylic acids is 1. The molecule has 1 atom stereocenters. The normalized spacial score (nSPS) is 12.5. The van der Waals surface area contributed by atoms with E-state index >= 15 is 0 Å². The van der Waals surface area contributed by atoms with Gasteiger partial charge < -0.3 is 9.67 Å². The smallest absolute Gasteiger partial charge is 0.336 e. The van der Waals surface area contributed by atoms with E-state index < -0.39 is 5.97 Å². The number of hydrogen-bond donors (Lipinski definition) is 1. The van der Waals surface area contributed by atoms with Gasteiger partial charge in [0.15, 0.2) is 0 Å². The van der Waals surface area contributed by atoms with E-state index in [2.05, 4.69) is 13.8 Å². The fourth-order valence-electron chi connectivity index (χ4n) is 2.14. The summed E-state index contributed by atoms with van der Waals surface area (Å²) in [5.41, 5.74) is 0.505. The summed E-state index contributed by atoms with van der Waals surface area (Å²) < 4.78 is 1.66. The molecule has 1 aromatic heterocycles. The molecule has 1 aromatic carbocycles. The van der Waals surface area contributed by atoms with Crippen LogP contribution in [0.2, 0.25) is 0 Å². The zero-order chi connectivity index (χ0) is 14.0. The van der Waals surface area contributed by atoms with Gasteiger partial charge in [-0.2, -0.15) is 0 Å². The summed E-state index contributed by atoms with van der Waals surface area (Å²) in [6, 6.07) is 8.36. The molecule has 0 saturated carbocycles. The molecular weight excluding hydrogens is 242 g/mol. The van der Waals surface area contributed by atoms with E-state index in [1.807, 2.05) is 6.07 Å². The van der Waals surface area contributed by atoms with Gasteiger partial charge in [0.05, 0.1) is 11.1 Å². The lowest BCUT2D eigenvalue weighted by molar-refractivity contribution is 0.0698. The summed E-state index contributed by atoms with van der Waals surface area (Å²) in [6.45, 7) is 4.76. The van der Waals surface area contributed by atoms with Crippen molar-refractivity contribution < 1.29 is 9.90 Å². The molecule has 0 saturated heterocycles. The number of para-hydroxylation sites is 1. The van der Waals surface area contributed by atoms with Crippen molar-refractivity contribution in [1.82, 2.24) is 4.57 Å². The monoisotopic (exact) mass is 259 g/mol. The van der Waals surface area contributed by atoms with Gasteiger partial charge in [0.1, 0.15) is 0 Å². The van der Waals surface area contributed by atoms with Crippen molar-refractivity contribution in [2.24, 2.45) is 5.92 Å². The Labute approximate surface area is 111 Å².